The quantitative estimate of drug-likeness (QED) is 0.698. The van der Waals surface area contributed by atoms with Crippen LogP contribution in [0.3, 0.4) is 0 Å². The van der Waals surface area contributed by atoms with Gasteiger partial charge in [0.15, 0.2) is 5.78 Å². The number of urea groups is 1. The first-order valence-corrected chi connectivity index (χ1v) is 3.73. The largest absolute Gasteiger partial charge is 0.337 e. The van der Waals surface area contributed by atoms with Crippen molar-refractivity contribution >= 4 is 17.5 Å². The van der Waals surface area contributed by atoms with Crippen molar-refractivity contribution in [3.05, 3.63) is 29.8 Å². The SMILES string of the molecule is CC(=O)c1ccc(NC([NH])=O)cc1. The van der Waals surface area contributed by atoms with Crippen LogP contribution in [0.1, 0.15) is 17.3 Å². The van der Waals surface area contributed by atoms with E-state index < -0.39 is 6.03 Å². The Balaban J connectivity index is 2.81. The van der Waals surface area contributed by atoms with Crippen molar-refractivity contribution in [3.63, 3.8) is 0 Å². The number of carbonyl (C=O) groups excluding carboxylic acids is 2. The van der Waals surface area contributed by atoms with Gasteiger partial charge in [-0.15, -0.1) is 0 Å². The van der Waals surface area contributed by atoms with E-state index >= 15 is 0 Å². The molecule has 4 heteroatoms. The third-order valence-corrected chi connectivity index (χ3v) is 1.55. The average molecular weight is 177 g/mol. The normalized spacial score (nSPS) is 9.31. The Kier molecular flexibility index (Phi) is 2.64. The van der Waals surface area contributed by atoms with Crippen LogP contribution >= 0.6 is 0 Å². The van der Waals surface area contributed by atoms with Crippen LogP contribution in [0.15, 0.2) is 24.3 Å². The second-order valence-corrected chi connectivity index (χ2v) is 2.59. The maximum atomic E-state index is 10.9. The minimum atomic E-state index is -0.865. The number of nitrogens with one attached hydrogen (secondary N) is 2. The van der Waals surface area contributed by atoms with Crippen LogP contribution in [0.4, 0.5) is 10.5 Å². The fraction of sp³-hybridized carbons (Fsp3) is 0.111. The maximum Gasteiger partial charge on any atom is 0.337 e. The molecule has 2 N–H and O–H groups in total. The first kappa shape index (κ1) is 9.25. The highest BCUT2D eigenvalue weighted by Gasteiger charge is 1.99. The lowest BCUT2D eigenvalue weighted by Crippen LogP contribution is -2.09. The Morgan fingerprint density at radius 1 is 1.23 bits per heavy atom. The van der Waals surface area contributed by atoms with E-state index in [1.165, 1.54) is 6.92 Å². The lowest BCUT2D eigenvalue weighted by atomic mass is 10.1. The standard InChI is InChI=1S/C9H9N2O2/c1-6(12)7-2-4-8(5-3-7)11-9(10)13/h2-5,10H,1H3,(H,11,13). The first-order valence-electron chi connectivity index (χ1n) is 3.73. The molecule has 1 radical (unpaired) electrons. The lowest BCUT2D eigenvalue weighted by molar-refractivity contribution is 0.101. The van der Waals surface area contributed by atoms with Crippen LogP contribution in [0.25, 0.3) is 0 Å². The molecule has 2 amide bonds. The number of hydrogen-bond donors (Lipinski definition) is 1. The van der Waals surface area contributed by atoms with Gasteiger partial charge in [-0.1, -0.05) is 0 Å². The molecule has 67 valence electrons. The molecule has 0 aromatic heterocycles. The van der Waals surface area contributed by atoms with Crippen LogP contribution in [0, 0.1) is 0 Å². The Hall–Kier alpha value is -1.84. The molecular weight excluding hydrogens is 168 g/mol. The fourth-order valence-corrected chi connectivity index (χ4v) is 0.919. The van der Waals surface area contributed by atoms with Crippen molar-refractivity contribution < 1.29 is 9.59 Å². The molecule has 0 saturated carbocycles. The van der Waals surface area contributed by atoms with Crippen molar-refractivity contribution in [1.82, 2.24) is 5.73 Å². The molecule has 0 saturated heterocycles. The fourth-order valence-electron chi connectivity index (χ4n) is 0.919. The molecule has 1 rings (SSSR count). The minimum absolute atomic E-state index is 0.0243. The predicted octanol–water partition coefficient (Wildman–Crippen LogP) is 1.70. The summed E-state index contributed by atoms with van der Waals surface area (Å²) < 4.78 is 0. The van der Waals surface area contributed by atoms with Gasteiger partial charge in [0, 0.05) is 11.3 Å². The zero-order valence-electron chi connectivity index (χ0n) is 7.13. The third kappa shape index (κ3) is 2.59. The summed E-state index contributed by atoms with van der Waals surface area (Å²) in [5.41, 5.74) is 7.74. The third-order valence-electron chi connectivity index (χ3n) is 1.55. The topological polar surface area (TPSA) is 70.0 Å². The second kappa shape index (κ2) is 3.71. The number of hydrogen-bond acceptors (Lipinski definition) is 2. The van der Waals surface area contributed by atoms with Crippen LogP contribution in [-0.2, 0) is 0 Å². The van der Waals surface area contributed by atoms with E-state index in [0.29, 0.717) is 11.3 Å². The molecule has 13 heavy (non-hydrogen) atoms. The highest BCUT2D eigenvalue weighted by Crippen LogP contribution is 2.09. The first-order chi connectivity index (χ1) is 6.09. The zero-order chi connectivity index (χ0) is 9.84. The van der Waals surface area contributed by atoms with Crippen LogP contribution in [0.5, 0.6) is 0 Å². The molecule has 0 heterocycles. The van der Waals surface area contributed by atoms with E-state index in [1.54, 1.807) is 24.3 Å². The molecule has 0 aliphatic rings. The van der Waals surface area contributed by atoms with Gasteiger partial charge in [-0.2, -0.15) is 0 Å². The predicted molar refractivity (Wildman–Crippen MR) is 48.6 cm³/mol. The molecule has 0 fully saturated rings. The van der Waals surface area contributed by atoms with Gasteiger partial charge in [0.1, 0.15) is 0 Å². The summed E-state index contributed by atoms with van der Waals surface area (Å²) in [5.74, 6) is -0.0243. The van der Waals surface area contributed by atoms with Gasteiger partial charge in [0.25, 0.3) is 0 Å². The summed E-state index contributed by atoms with van der Waals surface area (Å²) in [6, 6.07) is 5.52. The van der Waals surface area contributed by atoms with E-state index in [4.69, 9.17) is 5.73 Å². The monoisotopic (exact) mass is 177 g/mol. The number of Topliss-reactive ketones (excluding diaryl/α,β-unsaturated/α-hetero) is 1. The van der Waals surface area contributed by atoms with Crippen molar-refractivity contribution in [2.75, 3.05) is 5.32 Å². The molecule has 0 aliphatic heterocycles. The van der Waals surface area contributed by atoms with E-state index in [0.717, 1.165) is 0 Å². The minimum Gasteiger partial charge on any atom is -0.307 e. The smallest absolute Gasteiger partial charge is 0.307 e. The number of anilines is 1. The van der Waals surface area contributed by atoms with Crippen molar-refractivity contribution in [2.24, 2.45) is 0 Å². The molecule has 4 nitrogen and oxygen atoms in total. The second-order valence-electron chi connectivity index (χ2n) is 2.59. The molecule has 0 bridgehead atoms. The number of carbonyl (C=O) groups is 2. The van der Waals surface area contributed by atoms with E-state index in [2.05, 4.69) is 5.32 Å². The molecule has 0 unspecified atom stereocenters. The van der Waals surface area contributed by atoms with Gasteiger partial charge in [0.05, 0.1) is 0 Å². The van der Waals surface area contributed by atoms with Gasteiger partial charge < -0.3 is 5.32 Å². The molecule has 0 atom stereocenters. The van der Waals surface area contributed by atoms with E-state index in [1.807, 2.05) is 0 Å². The molecular formula is C9H9N2O2. The summed E-state index contributed by atoms with van der Waals surface area (Å²) in [4.78, 5) is 21.2. The number of amides is 2. The summed E-state index contributed by atoms with van der Waals surface area (Å²) in [5, 5.41) is 2.29. The Morgan fingerprint density at radius 3 is 2.15 bits per heavy atom. The van der Waals surface area contributed by atoms with Gasteiger partial charge >= 0.3 is 6.03 Å². The Bertz CT molecular complexity index is 330. The zero-order valence-corrected chi connectivity index (χ0v) is 7.13. The van der Waals surface area contributed by atoms with Crippen molar-refractivity contribution in [2.45, 2.75) is 6.92 Å². The highest BCUT2D eigenvalue weighted by molar-refractivity contribution is 5.95. The van der Waals surface area contributed by atoms with Crippen LogP contribution < -0.4 is 11.1 Å². The molecule has 0 spiro atoms. The number of benzene rings is 1. The summed E-state index contributed by atoms with van der Waals surface area (Å²) in [7, 11) is 0. The molecule has 1 aromatic carbocycles. The van der Waals surface area contributed by atoms with Gasteiger partial charge in [-0.25, -0.2) is 10.5 Å². The van der Waals surface area contributed by atoms with Gasteiger partial charge in [-0.05, 0) is 31.2 Å². The van der Waals surface area contributed by atoms with Crippen molar-refractivity contribution in [3.8, 4) is 0 Å². The lowest BCUT2D eigenvalue weighted by Gasteiger charge is -2.00. The summed E-state index contributed by atoms with van der Waals surface area (Å²) >= 11 is 0. The summed E-state index contributed by atoms with van der Waals surface area (Å²) in [6.07, 6.45) is 0. The van der Waals surface area contributed by atoms with Crippen LogP contribution in [0.2, 0.25) is 0 Å². The Labute approximate surface area is 75.7 Å². The van der Waals surface area contributed by atoms with Gasteiger partial charge in [0.2, 0.25) is 0 Å². The average Bonchev–Trinajstić information content (AvgIpc) is 2.04. The highest BCUT2D eigenvalue weighted by atomic mass is 16.2. The Morgan fingerprint density at radius 2 is 1.77 bits per heavy atom. The summed E-state index contributed by atoms with van der Waals surface area (Å²) in [6.45, 7) is 1.47. The number of ketones is 1. The molecule has 0 aliphatic carbocycles. The molecule has 1 aromatic rings. The maximum absolute atomic E-state index is 10.9. The van der Waals surface area contributed by atoms with E-state index in [9.17, 15) is 9.59 Å². The van der Waals surface area contributed by atoms with Gasteiger partial charge in [-0.3, -0.25) is 4.79 Å². The van der Waals surface area contributed by atoms with E-state index in [-0.39, 0.29) is 5.78 Å². The van der Waals surface area contributed by atoms with Crippen molar-refractivity contribution in [1.29, 1.82) is 0 Å². The van der Waals surface area contributed by atoms with Crippen LogP contribution in [-0.4, -0.2) is 11.8 Å². The number of rotatable bonds is 2.